The predicted octanol–water partition coefficient (Wildman–Crippen LogP) is 3.40. The Kier molecular flexibility index (Phi) is 7.05. The van der Waals surface area contributed by atoms with Gasteiger partial charge in [0.15, 0.2) is 0 Å². The maximum absolute atomic E-state index is 12.0. The Morgan fingerprint density at radius 2 is 1.54 bits per heavy atom. The number of nitrogens with one attached hydrogen (secondary N) is 2. The van der Waals surface area contributed by atoms with E-state index in [2.05, 4.69) is 34.9 Å². The monoisotopic (exact) mass is 404 g/mol. The molecule has 3 N–H and O–H groups in total. The number of rotatable bonds is 7. The molecule has 1 amide bonds. The summed E-state index contributed by atoms with van der Waals surface area (Å²) in [4.78, 5) is 23.0. The average molecular weight is 405 g/mol. The lowest BCUT2D eigenvalue weighted by atomic mass is 9.98. The van der Waals surface area contributed by atoms with Crippen molar-refractivity contribution in [1.82, 2.24) is 10.6 Å². The average Bonchev–Trinajstić information content (AvgIpc) is 2.97. The molecule has 0 unspecified atom stereocenters. The normalized spacial score (nSPS) is 12.5. The van der Waals surface area contributed by atoms with Crippen LogP contribution in [-0.2, 0) is 9.53 Å². The van der Waals surface area contributed by atoms with E-state index in [1.165, 1.54) is 11.1 Å². The van der Waals surface area contributed by atoms with Crippen LogP contribution in [0.1, 0.15) is 30.9 Å². The highest BCUT2D eigenvalue weighted by Gasteiger charge is 2.29. The zero-order chi connectivity index (χ0) is 19.4. The Morgan fingerprint density at radius 3 is 2.07 bits per heavy atom. The van der Waals surface area contributed by atoms with Crippen LogP contribution in [0.2, 0.25) is 0 Å². The van der Waals surface area contributed by atoms with Gasteiger partial charge in [-0.2, -0.15) is 0 Å². The number of benzene rings is 2. The van der Waals surface area contributed by atoms with Gasteiger partial charge >= 0.3 is 12.1 Å². The maximum Gasteiger partial charge on any atom is 0.407 e. The first-order valence-electron chi connectivity index (χ1n) is 8.97. The van der Waals surface area contributed by atoms with Crippen molar-refractivity contribution in [1.29, 1.82) is 0 Å². The Labute approximate surface area is 170 Å². The molecule has 150 valence electrons. The molecule has 6 nitrogen and oxygen atoms in total. The van der Waals surface area contributed by atoms with Gasteiger partial charge < -0.3 is 20.5 Å². The Hall–Kier alpha value is -2.57. The van der Waals surface area contributed by atoms with E-state index in [-0.39, 0.29) is 31.5 Å². The fourth-order valence-corrected chi connectivity index (χ4v) is 3.26. The molecule has 0 saturated carbocycles. The highest BCUT2D eigenvalue weighted by atomic mass is 35.5. The molecule has 2 aromatic carbocycles. The number of hydrogen-bond donors (Lipinski definition) is 3. The Bertz CT molecular complexity index is 808. The summed E-state index contributed by atoms with van der Waals surface area (Å²) in [7, 11) is 0. The molecule has 0 atom stereocenters. The van der Waals surface area contributed by atoms with Gasteiger partial charge in [0.1, 0.15) is 12.1 Å². The van der Waals surface area contributed by atoms with E-state index in [0.29, 0.717) is 6.54 Å². The molecule has 0 bridgehead atoms. The molecular weight excluding hydrogens is 380 g/mol. The van der Waals surface area contributed by atoms with Gasteiger partial charge in [0.2, 0.25) is 0 Å². The minimum absolute atomic E-state index is 0. The molecule has 2 aromatic rings. The second-order valence-electron chi connectivity index (χ2n) is 7.11. The van der Waals surface area contributed by atoms with Crippen molar-refractivity contribution in [3.8, 4) is 11.1 Å². The number of aliphatic carboxylic acids is 1. The van der Waals surface area contributed by atoms with Gasteiger partial charge in [-0.25, -0.2) is 4.79 Å². The number of alkyl carbamates (subject to hydrolysis) is 1. The number of carbonyl (C=O) groups excluding carboxylic acids is 1. The molecule has 7 heteroatoms. The van der Waals surface area contributed by atoms with Gasteiger partial charge in [-0.1, -0.05) is 48.5 Å². The number of hydrogen-bond acceptors (Lipinski definition) is 4. The quantitative estimate of drug-likeness (QED) is 0.615. The van der Waals surface area contributed by atoms with Gasteiger partial charge in [0.05, 0.1) is 0 Å². The van der Waals surface area contributed by atoms with E-state index in [0.717, 1.165) is 11.1 Å². The van der Waals surface area contributed by atoms with E-state index in [1.54, 1.807) is 13.8 Å². The van der Waals surface area contributed by atoms with Crippen molar-refractivity contribution in [3.05, 3.63) is 59.7 Å². The van der Waals surface area contributed by atoms with E-state index in [9.17, 15) is 9.59 Å². The topological polar surface area (TPSA) is 87.7 Å². The van der Waals surface area contributed by atoms with Crippen LogP contribution in [0.5, 0.6) is 0 Å². The van der Waals surface area contributed by atoms with E-state index in [1.807, 2.05) is 24.3 Å². The van der Waals surface area contributed by atoms with Crippen LogP contribution < -0.4 is 10.6 Å². The van der Waals surface area contributed by atoms with Crippen molar-refractivity contribution in [3.63, 3.8) is 0 Å². The number of carbonyl (C=O) groups is 2. The molecule has 0 radical (unpaired) electrons. The van der Waals surface area contributed by atoms with Crippen LogP contribution in [0.4, 0.5) is 4.79 Å². The lowest BCUT2D eigenvalue weighted by Crippen LogP contribution is -2.49. The molecule has 0 spiro atoms. The SMILES string of the molecule is CC(C)(NCCNC(=O)OCC1c2ccccc2-c2ccccc21)C(=O)O.Cl. The summed E-state index contributed by atoms with van der Waals surface area (Å²) in [5.74, 6) is -0.921. The van der Waals surface area contributed by atoms with Crippen LogP contribution in [0, 0.1) is 0 Å². The number of carboxylic acid groups (broad SMARTS) is 1. The molecular formula is C21H25ClN2O4. The Balaban J connectivity index is 0.00000280. The third-order valence-electron chi connectivity index (χ3n) is 4.84. The number of fused-ring (bicyclic) bond motifs is 3. The Morgan fingerprint density at radius 1 is 1.00 bits per heavy atom. The lowest BCUT2D eigenvalue weighted by Gasteiger charge is -2.21. The van der Waals surface area contributed by atoms with Gasteiger partial charge in [0.25, 0.3) is 0 Å². The van der Waals surface area contributed by atoms with Crippen LogP contribution >= 0.6 is 12.4 Å². The van der Waals surface area contributed by atoms with E-state index in [4.69, 9.17) is 9.84 Å². The second-order valence-corrected chi connectivity index (χ2v) is 7.11. The summed E-state index contributed by atoms with van der Waals surface area (Å²) in [5.41, 5.74) is 3.65. The maximum atomic E-state index is 12.0. The molecule has 0 heterocycles. The van der Waals surface area contributed by atoms with Crippen LogP contribution in [-0.4, -0.2) is 42.4 Å². The molecule has 1 aliphatic rings. The molecule has 0 fully saturated rings. The third-order valence-corrected chi connectivity index (χ3v) is 4.84. The van der Waals surface area contributed by atoms with Gasteiger partial charge in [-0.05, 0) is 36.1 Å². The highest BCUT2D eigenvalue weighted by Crippen LogP contribution is 2.44. The molecule has 1 aliphatic carbocycles. The van der Waals surface area contributed by atoms with Gasteiger partial charge in [-0.15, -0.1) is 12.4 Å². The number of carboxylic acids is 1. The first kappa shape index (κ1) is 21.7. The number of halogens is 1. The summed E-state index contributed by atoms with van der Waals surface area (Å²) in [6.45, 7) is 4.02. The molecule has 3 rings (SSSR count). The van der Waals surface area contributed by atoms with Crippen LogP contribution in [0.25, 0.3) is 11.1 Å². The standard InChI is InChI=1S/C21H24N2O4.ClH/c1-21(2,19(24)25)23-12-11-22-20(26)27-13-18-16-9-5-3-7-14(16)15-8-4-6-10-17(15)18;/h3-10,18,23H,11-13H2,1-2H3,(H,22,26)(H,24,25);1H. The third kappa shape index (κ3) is 4.64. The predicted molar refractivity (Wildman–Crippen MR) is 110 cm³/mol. The van der Waals surface area contributed by atoms with Crippen LogP contribution in [0.15, 0.2) is 48.5 Å². The molecule has 0 aromatic heterocycles. The minimum Gasteiger partial charge on any atom is -0.480 e. The lowest BCUT2D eigenvalue weighted by molar-refractivity contribution is -0.143. The molecule has 0 saturated heterocycles. The van der Waals surface area contributed by atoms with E-state index < -0.39 is 17.6 Å². The first-order chi connectivity index (χ1) is 12.9. The van der Waals surface area contributed by atoms with Crippen molar-refractivity contribution >= 4 is 24.5 Å². The van der Waals surface area contributed by atoms with Crippen molar-refractivity contribution < 1.29 is 19.4 Å². The number of ether oxygens (including phenoxy) is 1. The van der Waals surface area contributed by atoms with Gasteiger partial charge in [0, 0.05) is 19.0 Å². The summed E-state index contributed by atoms with van der Waals surface area (Å²) in [6, 6.07) is 16.3. The number of amides is 1. The second kappa shape index (κ2) is 9.08. The first-order valence-corrected chi connectivity index (χ1v) is 8.97. The van der Waals surface area contributed by atoms with Gasteiger partial charge in [-0.3, -0.25) is 4.79 Å². The zero-order valence-corrected chi connectivity index (χ0v) is 16.7. The smallest absolute Gasteiger partial charge is 0.407 e. The summed E-state index contributed by atoms with van der Waals surface area (Å²) in [5, 5.41) is 14.6. The highest BCUT2D eigenvalue weighted by molar-refractivity contribution is 5.85. The minimum atomic E-state index is -1.04. The fourth-order valence-electron chi connectivity index (χ4n) is 3.26. The summed E-state index contributed by atoms with van der Waals surface area (Å²) in [6.07, 6.45) is -0.508. The largest absolute Gasteiger partial charge is 0.480 e. The summed E-state index contributed by atoms with van der Waals surface area (Å²) < 4.78 is 5.43. The van der Waals surface area contributed by atoms with Crippen molar-refractivity contribution in [2.45, 2.75) is 25.3 Å². The fraction of sp³-hybridized carbons (Fsp3) is 0.333. The molecule has 0 aliphatic heterocycles. The zero-order valence-electron chi connectivity index (χ0n) is 15.9. The van der Waals surface area contributed by atoms with Crippen LogP contribution in [0.3, 0.4) is 0 Å². The van der Waals surface area contributed by atoms with E-state index >= 15 is 0 Å². The summed E-state index contributed by atoms with van der Waals surface area (Å²) >= 11 is 0. The molecule has 28 heavy (non-hydrogen) atoms. The van der Waals surface area contributed by atoms with Crippen molar-refractivity contribution in [2.24, 2.45) is 0 Å². The van der Waals surface area contributed by atoms with Crippen molar-refractivity contribution in [2.75, 3.05) is 19.7 Å².